The zero-order valence-corrected chi connectivity index (χ0v) is 18.8. The van der Waals surface area contributed by atoms with Crippen LogP contribution in [0.4, 0.5) is 0 Å². The van der Waals surface area contributed by atoms with Crippen molar-refractivity contribution < 1.29 is 23.2 Å². The quantitative estimate of drug-likeness (QED) is 0.432. The fourth-order valence-electron chi connectivity index (χ4n) is 4.12. The van der Waals surface area contributed by atoms with Crippen molar-refractivity contribution in [2.75, 3.05) is 0 Å². The van der Waals surface area contributed by atoms with E-state index in [9.17, 15) is 0 Å². The van der Waals surface area contributed by atoms with Gasteiger partial charge in [-0.25, -0.2) is 0 Å². The fourth-order valence-corrected chi connectivity index (χ4v) is 12.1. The maximum absolute atomic E-state index is 2.56. The van der Waals surface area contributed by atoms with E-state index in [1.165, 1.54) is 22.0 Å². The zero-order valence-electron chi connectivity index (χ0n) is 15.3. The van der Waals surface area contributed by atoms with Crippen LogP contribution in [0.2, 0.25) is 0 Å². The minimum absolute atomic E-state index is 0.249. The van der Waals surface area contributed by atoms with E-state index in [0.717, 1.165) is 8.58 Å². The number of aryl methyl sites for hydroxylation is 1. The molecule has 0 aliphatic heterocycles. The van der Waals surface area contributed by atoms with E-state index in [0.29, 0.717) is 3.63 Å². The maximum atomic E-state index is 2.56. The Balaban J connectivity index is 1.58. The molecule has 2 aliphatic carbocycles. The van der Waals surface area contributed by atoms with Crippen molar-refractivity contribution in [2.45, 2.75) is 13.4 Å². The molecular weight excluding hydrogens is 422 g/mol. The predicted molar refractivity (Wildman–Crippen MR) is 114 cm³/mol. The number of allylic oxidation sites excluding steroid dienone is 2. The first-order chi connectivity index (χ1) is 13.3. The molecule has 0 amide bonds. The van der Waals surface area contributed by atoms with E-state index in [1.807, 2.05) is 0 Å². The molecule has 3 unspecified atom stereocenters. The standard InChI is InChI=1S/C16H14P.C9H7.Zr/c1-12-6-2-5-9-15(12)17-16-11-10-13-7-3-4-8-14(13)16;1-2-5-9-7-3-6-8(9)4-1;/h2-11,17H,1H3;1-7H;. The second-order valence-corrected chi connectivity index (χ2v) is 14.3. The van der Waals surface area contributed by atoms with Gasteiger partial charge in [0.2, 0.25) is 0 Å². The third-order valence-electron chi connectivity index (χ3n) is 5.56. The average molecular weight is 444 g/mol. The van der Waals surface area contributed by atoms with Crippen LogP contribution in [0, 0.1) is 6.92 Å². The van der Waals surface area contributed by atoms with Gasteiger partial charge in [0.15, 0.2) is 0 Å². The predicted octanol–water partition coefficient (Wildman–Crippen LogP) is 6.03. The molecule has 130 valence electrons. The Morgan fingerprint density at radius 2 is 1.56 bits per heavy atom. The van der Waals surface area contributed by atoms with Crippen LogP contribution in [0.15, 0.2) is 84.9 Å². The molecule has 2 aliphatic rings. The average Bonchev–Trinajstić information content (AvgIpc) is 3.27. The number of hydrogen-bond donors (Lipinski definition) is 0. The first-order valence-corrected chi connectivity index (χ1v) is 13.1. The molecule has 0 saturated heterocycles. The van der Waals surface area contributed by atoms with E-state index in [4.69, 9.17) is 0 Å². The molecule has 2 heteroatoms. The molecule has 27 heavy (non-hydrogen) atoms. The summed E-state index contributed by atoms with van der Waals surface area (Å²) < 4.78 is 0.899. The molecule has 0 fully saturated rings. The van der Waals surface area contributed by atoms with Gasteiger partial charge < -0.3 is 0 Å². The molecule has 0 aromatic heterocycles. The van der Waals surface area contributed by atoms with Crippen molar-refractivity contribution in [3.05, 3.63) is 113 Å². The summed E-state index contributed by atoms with van der Waals surface area (Å²) in [5, 5.41) is 1.52. The number of benzene rings is 3. The Labute approximate surface area is 174 Å². The minimum atomic E-state index is -0.841. The summed E-state index contributed by atoms with van der Waals surface area (Å²) in [4.78, 5) is 0. The third kappa shape index (κ3) is 3.16. The van der Waals surface area contributed by atoms with Gasteiger partial charge in [0, 0.05) is 0 Å². The van der Waals surface area contributed by atoms with Crippen molar-refractivity contribution in [2.24, 2.45) is 0 Å². The summed E-state index contributed by atoms with van der Waals surface area (Å²) in [5.74, 6) is 0. The normalized spacial score (nSPS) is 22.3. The molecule has 0 nitrogen and oxygen atoms in total. The number of fused-ring (bicyclic) bond motifs is 2. The first-order valence-electron chi connectivity index (χ1n) is 9.43. The van der Waals surface area contributed by atoms with Crippen LogP contribution in [-0.4, -0.2) is 0 Å². The van der Waals surface area contributed by atoms with E-state index < -0.39 is 23.2 Å². The summed E-state index contributed by atoms with van der Waals surface area (Å²) >= 11 is -0.841. The van der Waals surface area contributed by atoms with E-state index >= 15 is 0 Å². The van der Waals surface area contributed by atoms with Gasteiger partial charge in [-0.05, 0) is 0 Å². The zero-order chi connectivity index (χ0) is 18.3. The third-order valence-corrected chi connectivity index (χ3v) is 13.2. The van der Waals surface area contributed by atoms with Crippen LogP contribution in [0.5, 0.6) is 0 Å². The van der Waals surface area contributed by atoms with Gasteiger partial charge in [-0.1, -0.05) is 0 Å². The van der Waals surface area contributed by atoms with Crippen molar-refractivity contribution in [1.29, 1.82) is 0 Å². The van der Waals surface area contributed by atoms with Crippen LogP contribution in [0.3, 0.4) is 0 Å². The van der Waals surface area contributed by atoms with Gasteiger partial charge in [-0.3, -0.25) is 0 Å². The molecule has 0 heterocycles. The molecule has 3 atom stereocenters. The van der Waals surface area contributed by atoms with Crippen LogP contribution >= 0.6 is 8.58 Å². The fraction of sp³-hybridized carbons (Fsp3) is 0.120. The number of hydrogen-bond acceptors (Lipinski definition) is 0. The van der Waals surface area contributed by atoms with Gasteiger partial charge in [0.05, 0.1) is 0 Å². The summed E-state index contributed by atoms with van der Waals surface area (Å²) in [6.07, 6.45) is 9.77. The Bertz CT molecular complexity index is 1070. The van der Waals surface area contributed by atoms with Crippen LogP contribution < -0.4 is 5.30 Å². The van der Waals surface area contributed by atoms with Crippen molar-refractivity contribution in [1.82, 2.24) is 0 Å². The molecule has 0 radical (unpaired) electrons. The van der Waals surface area contributed by atoms with Gasteiger partial charge in [-0.15, -0.1) is 0 Å². The van der Waals surface area contributed by atoms with E-state index in [2.05, 4.69) is 104 Å². The van der Waals surface area contributed by atoms with Crippen molar-refractivity contribution in [3.8, 4) is 0 Å². The second-order valence-electron chi connectivity index (χ2n) is 7.28. The molecular formula is C25H21PZr. The first kappa shape index (κ1) is 17.5. The Hall–Kier alpha value is -1.55. The Morgan fingerprint density at radius 1 is 0.815 bits per heavy atom. The molecule has 0 spiro atoms. The molecule has 3 aromatic rings. The number of rotatable bonds is 4. The van der Waals surface area contributed by atoms with Crippen molar-refractivity contribution in [3.63, 3.8) is 0 Å². The topological polar surface area (TPSA) is 0 Å². The molecule has 0 N–H and O–H groups in total. The van der Waals surface area contributed by atoms with Gasteiger partial charge in [-0.2, -0.15) is 0 Å². The van der Waals surface area contributed by atoms with Gasteiger partial charge >= 0.3 is 175 Å². The van der Waals surface area contributed by atoms with E-state index in [-0.39, 0.29) is 2.86 Å². The SMILES string of the molecule is Cc1ccccc1P[C]1([Zr][CH]2C=Cc3ccccc32)C=Cc2ccccc21. The van der Waals surface area contributed by atoms with Crippen LogP contribution in [0.25, 0.3) is 12.2 Å². The summed E-state index contributed by atoms with van der Waals surface area (Å²) in [5.41, 5.74) is 7.39. The Morgan fingerprint density at radius 3 is 2.44 bits per heavy atom. The molecule has 0 saturated carbocycles. The second kappa shape index (κ2) is 7.12. The Kier molecular flexibility index (Phi) is 4.63. The van der Waals surface area contributed by atoms with E-state index in [1.54, 1.807) is 11.1 Å². The van der Waals surface area contributed by atoms with Gasteiger partial charge in [0.1, 0.15) is 0 Å². The molecule has 5 rings (SSSR count). The molecule has 0 bridgehead atoms. The summed E-state index contributed by atoms with van der Waals surface area (Å²) in [6, 6.07) is 27.0. The van der Waals surface area contributed by atoms with Gasteiger partial charge in [0.25, 0.3) is 0 Å². The van der Waals surface area contributed by atoms with Crippen LogP contribution in [0.1, 0.15) is 31.4 Å². The monoisotopic (exact) mass is 442 g/mol. The summed E-state index contributed by atoms with van der Waals surface area (Å²) in [6.45, 7) is 2.26. The van der Waals surface area contributed by atoms with Crippen LogP contribution in [-0.2, 0) is 26.1 Å². The van der Waals surface area contributed by atoms with Crippen molar-refractivity contribution >= 4 is 26.0 Å². The molecule has 3 aromatic carbocycles. The summed E-state index contributed by atoms with van der Waals surface area (Å²) in [7, 11) is 0.813.